The minimum absolute atomic E-state index is 0.205. The van der Waals surface area contributed by atoms with Gasteiger partial charge < -0.3 is 0 Å². The van der Waals surface area contributed by atoms with Crippen LogP contribution in [0.25, 0.3) is 11.3 Å². The van der Waals surface area contributed by atoms with Gasteiger partial charge in [0.05, 0.1) is 5.69 Å². The molecular weight excluding hydrogens is 231 g/mol. The summed E-state index contributed by atoms with van der Waals surface area (Å²) in [6.07, 6.45) is 0. The Bertz CT molecular complexity index is 663. The van der Waals surface area contributed by atoms with Gasteiger partial charge in [-0.3, -0.25) is 4.79 Å². The molecule has 0 fully saturated rings. The second kappa shape index (κ2) is 5.28. The number of hydrogen-bond acceptors (Lipinski definition) is 2. The maximum atomic E-state index is 12.8. The highest BCUT2D eigenvalue weighted by Gasteiger charge is 2.02. The van der Waals surface area contributed by atoms with Gasteiger partial charge >= 0.3 is 0 Å². The van der Waals surface area contributed by atoms with Gasteiger partial charge in [0, 0.05) is 11.6 Å². The lowest BCUT2D eigenvalue weighted by Crippen LogP contribution is -2.21. The van der Waals surface area contributed by atoms with Crippen LogP contribution in [0, 0.1) is 17.7 Å². The van der Waals surface area contributed by atoms with Crippen LogP contribution in [-0.4, -0.2) is 9.78 Å². The third-order valence-corrected chi connectivity index (χ3v) is 2.41. The van der Waals surface area contributed by atoms with Crippen molar-refractivity contribution in [1.82, 2.24) is 9.78 Å². The molecule has 18 heavy (non-hydrogen) atoms. The predicted molar refractivity (Wildman–Crippen MR) is 67.3 cm³/mol. The van der Waals surface area contributed by atoms with Crippen LogP contribution < -0.4 is 5.56 Å². The van der Waals surface area contributed by atoms with Crippen molar-refractivity contribution in [2.45, 2.75) is 13.5 Å². The Balaban J connectivity index is 2.42. The Morgan fingerprint density at radius 1 is 1.22 bits per heavy atom. The van der Waals surface area contributed by atoms with Crippen molar-refractivity contribution in [3.05, 3.63) is 52.6 Å². The first kappa shape index (κ1) is 12.1. The molecule has 2 aromatic rings. The monoisotopic (exact) mass is 242 g/mol. The fraction of sp³-hybridized carbons (Fsp3) is 0.143. The molecule has 0 aliphatic carbocycles. The number of nitrogens with zero attached hydrogens (tertiary/aromatic N) is 2. The number of hydrogen-bond donors (Lipinski definition) is 0. The third kappa shape index (κ3) is 2.64. The quantitative estimate of drug-likeness (QED) is 0.756. The molecule has 1 aromatic carbocycles. The summed E-state index contributed by atoms with van der Waals surface area (Å²) < 4.78 is 14.1. The van der Waals surface area contributed by atoms with Crippen LogP contribution in [0.1, 0.15) is 6.92 Å². The van der Waals surface area contributed by atoms with Gasteiger partial charge in [0.15, 0.2) is 0 Å². The van der Waals surface area contributed by atoms with Gasteiger partial charge in [-0.2, -0.15) is 5.10 Å². The first-order chi connectivity index (χ1) is 8.70. The van der Waals surface area contributed by atoms with Gasteiger partial charge in [0.2, 0.25) is 0 Å². The highest BCUT2D eigenvalue weighted by Crippen LogP contribution is 2.15. The predicted octanol–water partition coefficient (Wildman–Crippen LogP) is 2.07. The fourth-order valence-electron chi connectivity index (χ4n) is 1.49. The third-order valence-electron chi connectivity index (χ3n) is 2.41. The Hall–Kier alpha value is -2.41. The molecule has 0 saturated heterocycles. The molecule has 0 atom stereocenters. The van der Waals surface area contributed by atoms with E-state index in [4.69, 9.17) is 0 Å². The Kier molecular flexibility index (Phi) is 3.54. The summed E-state index contributed by atoms with van der Waals surface area (Å²) in [5.41, 5.74) is 1.17. The van der Waals surface area contributed by atoms with E-state index in [0.29, 0.717) is 5.69 Å². The smallest absolute Gasteiger partial charge is 0.267 e. The van der Waals surface area contributed by atoms with Crippen LogP contribution in [0.4, 0.5) is 4.39 Å². The standard InChI is InChI=1S/C14H11FN2O/c1-2-3-10-17-14(18)9-8-13(16-17)11-4-6-12(15)7-5-11/h4-9H,10H2,1H3. The zero-order valence-electron chi connectivity index (χ0n) is 9.85. The highest BCUT2D eigenvalue weighted by atomic mass is 19.1. The highest BCUT2D eigenvalue weighted by molar-refractivity contribution is 5.57. The van der Waals surface area contributed by atoms with Crippen molar-refractivity contribution < 1.29 is 4.39 Å². The maximum Gasteiger partial charge on any atom is 0.267 e. The van der Waals surface area contributed by atoms with Crippen molar-refractivity contribution in [3.8, 4) is 23.1 Å². The van der Waals surface area contributed by atoms with Crippen LogP contribution in [-0.2, 0) is 6.54 Å². The average Bonchev–Trinajstić information content (AvgIpc) is 2.39. The normalized spacial score (nSPS) is 9.67. The van der Waals surface area contributed by atoms with E-state index in [1.54, 1.807) is 25.1 Å². The lowest BCUT2D eigenvalue weighted by molar-refractivity contribution is 0.628. The van der Waals surface area contributed by atoms with Gasteiger partial charge in [0.25, 0.3) is 5.56 Å². The summed E-state index contributed by atoms with van der Waals surface area (Å²) >= 11 is 0. The van der Waals surface area contributed by atoms with Gasteiger partial charge in [-0.05, 0) is 37.3 Å². The van der Waals surface area contributed by atoms with E-state index in [1.165, 1.54) is 22.9 Å². The fourth-order valence-corrected chi connectivity index (χ4v) is 1.49. The van der Waals surface area contributed by atoms with Crippen LogP contribution in [0.3, 0.4) is 0 Å². The molecule has 90 valence electrons. The van der Waals surface area contributed by atoms with E-state index in [9.17, 15) is 9.18 Å². The van der Waals surface area contributed by atoms with Crippen molar-refractivity contribution in [2.24, 2.45) is 0 Å². The maximum absolute atomic E-state index is 12.8. The molecule has 0 bridgehead atoms. The molecule has 2 rings (SSSR count). The van der Waals surface area contributed by atoms with E-state index in [-0.39, 0.29) is 17.9 Å². The summed E-state index contributed by atoms with van der Waals surface area (Å²) in [6, 6.07) is 9.01. The number of aromatic nitrogens is 2. The van der Waals surface area contributed by atoms with E-state index in [1.807, 2.05) is 0 Å². The number of halogens is 1. The number of rotatable bonds is 2. The molecule has 0 unspecified atom stereocenters. The summed E-state index contributed by atoms with van der Waals surface area (Å²) in [7, 11) is 0. The summed E-state index contributed by atoms with van der Waals surface area (Å²) in [4.78, 5) is 11.5. The van der Waals surface area contributed by atoms with Gasteiger partial charge in [-0.1, -0.05) is 5.92 Å². The Morgan fingerprint density at radius 2 is 1.94 bits per heavy atom. The van der Waals surface area contributed by atoms with Crippen LogP contribution >= 0.6 is 0 Å². The van der Waals surface area contributed by atoms with Crippen LogP contribution in [0.15, 0.2) is 41.2 Å². The largest absolute Gasteiger partial charge is 0.268 e. The molecule has 0 saturated carbocycles. The van der Waals surface area contributed by atoms with Crippen molar-refractivity contribution in [2.75, 3.05) is 0 Å². The van der Waals surface area contributed by atoms with E-state index in [2.05, 4.69) is 16.9 Å². The summed E-state index contributed by atoms with van der Waals surface area (Å²) in [5, 5.41) is 4.19. The molecule has 4 heteroatoms. The molecule has 0 amide bonds. The SMILES string of the molecule is CC#CCn1nc(-c2ccc(F)cc2)ccc1=O. The molecule has 1 heterocycles. The second-order valence-corrected chi connectivity index (χ2v) is 3.65. The van der Waals surface area contributed by atoms with Gasteiger partial charge in [-0.25, -0.2) is 9.07 Å². The molecule has 0 N–H and O–H groups in total. The van der Waals surface area contributed by atoms with Crippen molar-refractivity contribution >= 4 is 0 Å². The lowest BCUT2D eigenvalue weighted by Gasteiger charge is -2.04. The van der Waals surface area contributed by atoms with E-state index in [0.717, 1.165) is 5.56 Å². The molecule has 0 aliphatic heterocycles. The zero-order chi connectivity index (χ0) is 13.0. The molecular formula is C14H11FN2O. The first-order valence-electron chi connectivity index (χ1n) is 5.44. The molecule has 0 spiro atoms. The van der Waals surface area contributed by atoms with Crippen molar-refractivity contribution in [3.63, 3.8) is 0 Å². The molecule has 0 aliphatic rings. The summed E-state index contributed by atoms with van der Waals surface area (Å²) in [6.45, 7) is 1.96. The minimum Gasteiger partial charge on any atom is -0.268 e. The lowest BCUT2D eigenvalue weighted by atomic mass is 10.1. The van der Waals surface area contributed by atoms with Crippen molar-refractivity contribution in [1.29, 1.82) is 0 Å². The Morgan fingerprint density at radius 3 is 2.61 bits per heavy atom. The van der Waals surface area contributed by atoms with E-state index >= 15 is 0 Å². The van der Waals surface area contributed by atoms with Crippen LogP contribution in [0.5, 0.6) is 0 Å². The topological polar surface area (TPSA) is 34.9 Å². The minimum atomic E-state index is -0.302. The Labute approximate surface area is 104 Å². The second-order valence-electron chi connectivity index (χ2n) is 3.65. The van der Waals surface area contributed by atoms with Gasteiger partial charge in [0.1, 0.15) is 12.4 Å². The molecule has 3 nitrogen and oxygen atoms in total. The average molecular weight is 242 g/mol. The molecule has 0 radical (unpaired) electrons. The number of benzene rings is 1. The van der Waals surface area contributed by atoms with Gasteiger partial charge in [-0.15, -0.1) is 5.92 Å². The summed E-state index contributed by atoms with van der Waals surface area (Å²) in [5.74, 6) is 5.19. The first-order valence-corrected chi connectivity index (χ1v) is 5.44. The molecule has 1 aromatic heterocycles. The zero-order valence-corrected chi connectivity index (χ0v) is 9.85. The van der Waals surface area contributed by atoms with E-state index < -0.39 is 0 Å². The van der Waals surface area contributed by atoms with Crippen LogP contribution in [0.2, 0.25) is 0 Å².